The second-order valence-electron chi connectivity index (χ2n) is 38.8. The van der Waals surface area contributed by atoms with E-state index in [0.717, 1.165) is 207 Å². The van der Waals surface area contributed by atoms with Gasteiger partial charge in [-0.05, 0) is 358 Å². The molecule has 6 fully saturated rings. The summed E-state index contributed by atoms with van der Waals surface area (Å²) in [6.45, 7) is 2.07. The lowest BCUT2D eigenvalue weighted by Crippen LogP contribution is -2.50. The van der Waals surface area contributed by atoms with Gasteiger partial charge in [-0.2, -0.15) is 9.82 Å². The van der Waals surface area contributed by atoms with E-state index in [1.807, 2.05) is 74.4 Å². The fraction of sp³-hybridized carbons (Fsp3) is 0.346. The minimum atomic E-state index is -3.51. The number of nitrogens with zero attached hydrogens (tertiary/aromatic N) is 8. The number of rotatable bonds is 10. The van der Waals surface area contributed by atoms with Crippen LogP contribution in [0.3, 0.4) is 0 Å². The molecule has 1 unspecified atom stereocenters. The molecule has 8 bridgehead atoms. The van der Waals surface area contributed by atoms with Crippen LogP contribution in [0.25, 0.3) is 73.3 Å². The normalized spacial score (nSPS) is 27.8. The van der Waals surface area contributed by atoms with Gasteiger partial charge in [-0.3, -0.25) is 4.68 Å². The molecule has 4 aliphatic heterocycles. The van der Waals surface area contributed by atoms with E-state index in [1.54, 1.807) is 73.6 Å². The van der Waals surface area contributed by atoms with Gasteiger partial charge in [-0.25, -0.2) is 80.4 Å². The van der Waals surface area contributed by atoms with Gasteiger partial charge < -0.3 is 13.7 Å². The van der Waals surface area contributed by atoms with E-state index in [2.05, 4.69) is 114 Å². The maximum absolute atomic E-state index is 13.4. The number of benzene rings is 9. The number of nitrogens with one attached hydrogen (secondary N) is 4. The number of halogens is 4. The first kappa shape index (κ1) is 86.3. The van der Waals surface area contributed by atoms with Crippen LogP contribution in [0.2, 0.25) is 0 Å². The van der Waals surface area contributed by atoms with Crippen LogP contribution in [0, 0.1) is 70.6 Å². The van der Waals surface area contributed by atoms with Crippen molar-refractivity contribution in [2.75, 3.05) is 5.75 Å². The summed E-state index contributed by atoms with van der Waals surface area (Å²) in [6, 6.07) is 61.2. The van der Waals surface area contributed by atoms with Gasteiger partial charge in [0.25, 0.3) is 0 Å². The first-order chi connectivity index (χ1) is 63.6. The highest BCUT2D eigenvalue weighted by Crippen LogP contribution is 2.59. The van der Waals surface area contributed by atoms with Gasteiger partial charge in [0.15, 0.2) is 0 Å². The molecule has 4 saturated carbocycles. The van der Waals surface area contributed by atoms with Crippen molar-refractivity contribution in [1.29, 1.82) is 0 Å². The monoisotopic (exact) mass is 1850 g/mol. The first-order valence-electron chi connectivity index (χ1n) is 46.2. The van der Waals surface area contributed by atoms with Crippen molar-refractivity contribution >= 4 is 40.1 Å². The molecular weight excluding hydrogens is 1750 g/mol. The Labute approximate surface area is 767 Å². The Kier molecular flexibility index (Phi) is 21.5. The van der Waals surface area contributed by atoms with Gasteiger partial charge in [-0.1, -0.05) is 86.2 Å². The molecule has 0 amide bonds. The van der Waals surface area contributed by atoms with Crippen molar-refractivity contribution in [2.24, 2.45) is 54.4 Å². The molecule has 2 saturated heterocycles. The molecule has 12 aliphatic rings. The van der Waals surface area contributed by atoms with Crippen LogP contribution in [-0.2, 0) is 104 Å². The van der Waals surface area contributed by atoms with Crippen molar-refractivity contribution in [3.05, 3.63) is 323 Å². The average Bonchev–Trinajstić information content (AvgIpc) is 1.54. The fourth-order valence-corrected chi connectivity index (χ4v) is 32.3. The molecule has 678 valence electrons. The second-order valence-corrected chi connectivity index (χ2v) is 45.8. The molecule has 4 spiro atoms. The summed E-state index contributed by atoms with van der Waals surface area (Å²) in [5, 5.41) is 5.84. The molecule has 28 heteroatoms. The maximum Gasteiger partial charge on any atom is 0.241 e. The lowest BCUT2D eigenvalue weighted by atomic mass is 9.74. The molecule has 8 aliphatic carbocycles. The molecule has 4 aromatic heterocycles. The quantitative estimate of drug-likeness (QED) is 0.0933. The molecule has 13 aromatic rings. The third-order valence-electron chi connectivity index (χ3n) is 31.7. The zero-order chi connectivity index (χ0) is 90.6. The van der Waals surface area contributed by atoms with Crippen molar-refractivity contribution in [2.45, 2.75) is 168 Å². The highest BCUT2D eigenvalue weighted by molar-refractivity contribution is 7.92. The second kappa shape index (κ2) is 32.9. The molecule has 25 rings (SSSR count). The summed E-state index contributed by atoms with van der Waals surface area (Å²) in [4.78, 5) is 14.2. The van der Waals surface area contributed by atoms with Crippen LogP contribution in [0.5, 0.6) is 0 Å². The van der Waals surface area contributed by atoms with Gasteiger partial charge >= 0.3 is 0 Å². The summed E-state index contributed by atoms with van der Waals surface area (Å²) in [6.07, 6.45) is 31.7. The Hall–Kier alpha value is -11.1. The molecule has 4 N–H and O–H groups in total. The van der Waals surface area contributed by atoms with Crippen LogP contribution in [-0.4, -0.2) is 99.7 Å². The van der Waals surface area contributed by atoms with E-state index < -0.39 is 51.2 Å². The van der Waals surface area contributed by atoms with E-state index in [1.165, 1.54) is 98.4 Å². The standard InChI is InChI=1S/C29H26FN3O2S.C27H30FN3O2S.C24H24FN3O2S.C24H22FN3O2S/c1-33-27(18-8-12-24(30)13-9-18)17-26(31-33)20-7-6-19-15-22-10-11-23(16-21(19)14-20)29(22)25-4-2-3-5-28(25)36(34,35)32-29;1-2-3-25-15-27(30-34(25,32)33)21-6-7-22(27)14-20-12-19(5-4-18(20)13-21)26-16-31(17-29-26)24-10-8-23(28)9-11-24;2*25-21-5-7-22(8-6-21)28-14-23(26-15-28)17-2-1-16-12-19-3-4-20(13-18(16)11-17)24(19)9-10-31(29,30)27-24/h2-9,12-14,17,22-23,32H,10-11,15-16H2,1H3;4-5,8-12,16-17,21-22,25,30H,2-3,6-7,13-15H2,1H3;1-2,5-8,11,14-15,19-20,27H,3-4,9-10,12-13H2;1-2,5-11,14-15,19-20,27H,3-4,12-13H2/t22-,23+,29+;21-,22+,25?,27+;2*19-,20+,24+/m0000/s1. The Balaban J connectivity index is 0.000000103. The third kappa shape index (κ3) is 15.5. The topological polar surface area (TPSA) is 256 Å². The number of hydrogen-bond donors (Lipinski definition) is 4. The largest absolute Gasteiger partial charge is 0.306 e. The molecule has 0 radical (unpaired) electrons. The molecule has 13 atom stereocenters. The zero-order valence-corrected chi connectivity index (χ0v) is 76.5. The van der Waals surface area contributed by atoms with Gasteiger partial charge in [0, 0.05) is 81.4 Å². The van der Waals surface area contributed by atoms with Crippen LogP contribution in [0.15, 0.2) is 254 Å². The maximum atomic E-state index is 13.4. The van der Waals surface area contributed by atoms with E-state index in [-0.39, 0.29) is 69.0 Å². The number of imidazole rings is 3. The highest BCUT2D eigenvalue weighted by Gasteiger charge is 2.62. The van der Waals surface area contributed by atoms with Gasteiger partial charge in [0.2, 0.25) is 40.1 Å². The Morgan fingerprint density at radius 1 is 0.402 bits per heavy atom. The summed E-state index contributed by atoms with van der Waals surface area (Å²) in [5.41, 5.74) is 22.0. The van der Waals surface area contributed by atoms with Crippen LogP contribution in [0.4, 0.5) is 17.6 Å². The molecule has 20 nitrogen and oxygen atoms in total. The zero-order valence-electron chi connectivity index (χ0n) is 73.2. The SMILES string of the molecule is CCCC1C[C@]2(NS1(=O)=O)[C@@H]1CC[C@H]2Cc2ccc(-c3cn(-c4ccc(F)cc4)cn3)cc2C1.Cn1nc(-c2ccc3c(c2)C[C@H]2CC[C@@H](C3)[C@@]23NS(=O)(=O)c2ccccc23)cc1-c1ccc(F)cc1.O=S1(=O)C=C[C@]2(N1)[C@@H]1CC[C@H]2Cc2ccc(-c3cn(-c4ccc(F)cc4)cn3)cc2C1.O=S1(=O)CC[C@]2(N1)[C@@H]1CC[C@H]2Cc2ccc(-c3cn(-c4ccc(F)cc4)cn3)cc2C1. The van der Waals surface area contributed by atoms with E-state index >= 15 is 0 Å². The Morgan fingerprint density at radius 3 is 1.23 bits per heavy atom. The minimum Gasteiger partial charge on any atom is -0.306 e. The smallest absolute Gasteiger partial charge is 0.241 e. The summed E-state index contributed by atoms with van der Waals surface area (Å²) < 4.78 is 174. The molecule has 132 heavy (non-hydrogen) atoms. The lowest BCUT2D eigenvalue weighted by molar-refractivity contribution is 0.223. The number of sulfonamides is 4. The van der Waals surface area contributed by atoms with Gasteiger partial charge in [0.05, 0.1) is 74.4 Å². The molecule has 9 aromatic carbocycles. The van der Waals surface area contributed by atoms with E-state index in [4.69, 9.17) is 5.10 Å². The van der Waals surface area contributed by atoms with Crippen molar-refractivity contribution in [1.82, 2.24) is 57.3 Å². The Bertz CT molecular complexity index is 7250. The average molecular weight is 1850 g/mol. The molecular formula is C104H102F4N12O8S4. The van der Waals surface area contributed by atoms with E-state index in [0.29, 0.717) is 28.6 Å². The van der Waals surface area contributed by atoms with Gasteiger partial charge in [0.1, 0.15) is 23.3 Å². The Morgan fingerprint density at radius 2 is 0.788 bits per heavy atom. The van der Waals surface area contributed by atoms with Crippen LogP contribution < -0.4 is 18.9 Å². The molecule has 8 heterocycles. The lowest BCUT2D eigenvalue weighted by Gasteiger charge is -2.35. The van der Waals surface area contributed by atoms with Gasteiger partial charge in [-0.15, -0.1) is 0 Å². The van der Waals surface area contributed by atoms with Crippen molar-refractivity contribution < 1.29 is 51.2 Å². The predicted molar refractivity (Wildman–Crippen MR) is 500 cm³/mol. The minimum absolute atomic E-state index is 0.205. The number of aryl methyl sites for hydroxylation is 1. The van der Waals surface area contributed by atoms with E-state index in [9.17, 15) is 51.2 Å². The van der Waals surface area contributed by atoms with Crippen molar-refractivity contribution in [3.8, 4) is 73.3 Å². The van der Waals surface area contributed by atoms with Crippen LogP contribution in [0.1, 0.15) is 134 Å². The number of fused-ring (bicyclic) bond motifs is 5. The third-order valence-corrected chi connectivity index (χ3v) is 37.8. The highest BCUT2D eigenvalue weighted by atomic mass is 32.2. The summed E-state index contributed by atoms with van der Waals surface area (Å²) in [5.74, 6) is 1.62. The van der Waals surface area contributed by atoms with Crippen molar-refractivity contribution in [3.63, 3.8) is 0 Å². The summed E-state index contributed by atoms with van der Waals surface area (Å²) >= 11 is 0. The first-order valence-corrected chi connectivity index (χ1v) is 52.4. The predicted octanol–water partition coefficient (Wildman–Crippen LogP) is 18.1. The summed E-state index contributed by atoms with van der Waals surface area (Å²) in [7, 11) is -11.3. The van der Waals surface area contributed by atoms with Crippen LogP contribution >= 0.6 is 0 Å². The number of hydrogen-bond acceptors (Lipinski definition) is 12. The number of aromatic nitrogens is 8. The fourth-order valence-electron chi connectivity index (χ4n) is 25.3.